The standard InChI is InChI=1S/C16H22N4OS/c1-3-5-6-11-21-14-9-7-13(8-10-14)12-17-20-15(4-2)18-19-16(20)22/h7-10,12H,3-6,11H2,1-2H3,(H,19,22)/b17-12-. The van der Waals surface area contributed by atoms with E-state index in [1.165, 1.54) is 12.8 Å². The van der Waals surface area contributed by atoms with Crippen molar-refractivity contribution in [3.8, 4) is 5.75 Å². The minimum Gasteiger partial charge on any atom is -0.494 e. The quantitative estimate of drug-likeness (QED) is 0.455. The molecule has 1 heterocycles. The lowest BCUT2D eigenvalue weighted by atomic mass is 10.2. The summed E-state index contributed by atoms with van der Waals surface area (Å²) in [5, 5.41) is 11.2. The van der Waals surface area contributed by atoms with Gasteiger partial charge in [0, 0.05) is 6.42 Å². The number of nitrogens with one attached hydrogen (secondary N) is 1. The minimum atomic E-state index is 0.504. The number of aryl methyl sites for hydroxylation is 1. The van der Waals surface area contributed by atoms with Gasteiger partial charge in [-0.1, -0.05) is 26.7 Å². The van der Waals surface area contributed by atoms with Crippen molar-refractivity contribution in [2.45, 2.75) is 39.5 Å². The Balaban J connectivity index is 1.97. The Kier molecular flexibility index (Phi) is 6.33. The molecule has 0 fully saturated rings. The van der Waals surface area contributed by atoms with Crippen LogP contribution >= 0.6 is 12.2 Å². The van der Waals surface area contributed by atoms with Crippen LogP contribution in [0.3, 0.4) is 0 Å². The first-order valence-electron chi connectivity index (χ1n) is 7.68. The van der Waals surface area contributed by atoms with Crippen LogP contribution in [-0.2, 0) is 6.42 Å². The molecule has 1 aromatic carbocycles. The van der Waals surface area contributed by atoms with Gasteiger partial charge in [0.15, 0.2) is 5.82 Å². The van der Waals surface area contributed by atoms with Gasteiger partial charge in [-0.05, 0) is 48.5 Å². The van der Waals surface area contributed by atoms with Crippen LogP contribution < -0.4 is 4.74 Å². The smallest absolute Gasteiger partial charge is 0.216 e. The predicted molar refractivity (Wildman–Crippen MR) is 91.2 cm³/mol. The Hall–Kier alpha value is -1.95. The molecule has 0 amide bonds. The highest BCUT2D eigenvalue weighted by Gasteiger charge is 2.01. The van der Waals surface area contributed by atoms with Crippen molar-refractivity contribution in [1.82, 2.24) is 14.9 Å². The van der Waals surface area contributed by atoms with Crippen LogP contribution in [0.5, 0.6) is 5.75 Å². The molecule has 2 rings (SSSR count). The summed E-state index contributed by atoms with van der Waals surface area (Å²) < 4.78 is 7.83. The number of benzene rings is 1. The Morgan fingerprint density at radius 1 is 1.27 bits per heavy atom. The summed E-state index contributed by atoms with van der Waals surface area (Å²) >= 11 is 5.16. The number of ether oxygens (including phenoxy) is 1. The number of hydrogen-bond donors (Lipinski definition) is 1. The van der Waals surface area contributed by atoms with E-state index in [1.54, 1.807) is 10.9 Å². The third-order valence-electron chi connectivity index (χ3n) is 3.25. The second-order valence-electron chi connectivity index (χ2n) is 4.98. The predicted octanol–water partition coefficient (Wildman–Crippen LogP) is 3.95. The largest absolute Gasteiger partial charge is 0.494 e. The number of rotatable bonds is 8. The van der Waals surface area contributed by atoms with Gasteiger partial charge < -0.3 is 4.74 Å². The molecule has 0 saturated heterocycles. The lowest BCUT2D eigenvalue weighted by Gasteiger charge is -2.05. The van der Waals surface area contributed by atoms with Gasteiger partial charge in [0.1, 0.15) is 5.75 Å². The van der Waals surface area contributed by atoms with Crippen molar-refractivity contribution >= 4 is 18.4 Å². The van der Waals surface area contributed by atoms with E-state index in [0.29, 0.717) is 4.77 Å². The van der Waals surface area contributed by atoms with Gasteiger partial charge in [-0.2, -0.15) is 14.9 Å². The van der Waals surface area contributed by atoms with E-state index in [1.807, 2.05) is 31.2 Å². The van der Waals surface area contributed by atoms with Crippen molar-refractivity contribution in [1.29, 1.82) is 0 Å². The zero-order valence-electron chi connectivity index (χ0n) is 13.1. The minimum absolute atomic E-state index is 0.504. The van der Waals surface area contributed by atoms with Gasteiger partial charge in [-0.3, -0.25) is 5.10 Å². The van der Waals surface area contributed by atoms with Gasteiger partial charge in [-0.25, -0.2) is 0 Å². The number of unbranched alkanes of at least 4 members (excludes halogenated alkanes) is 2. The molecule has 0 aliphatic heterocycles. The molecular weight excluding hydrogens is 296 g/mol. The average Bonchev–Trinajstić information content (AvgIpc) is 2.91. The van der Waals surface area contributed by atoms with Crippen LogP contribution in [0.4, 0.5) is 0 Å². The first-order chi connectivity index (χ1) is 10.7. The molecule has 0 aliphatic rings. The fourth-order valence-electron chi connectivity index (χ4n) is 1.99. The van der Waals surface area contributed by atoms with E-state index in [9.17, 15) is 0 Å². The normalized spacial score (nSPS) is 11.2. The van der Waals surface area contributed by atoms with E-state index in [0.717, 1.165) is 36.6 Å². The fourth-order valence-corrected chi connectivity index (χ4v) is 2.19. The summed E-state index contributed by atoms with van der Waals surface area (Å²) in [6, 6.07) is 7.88. The molecule has 22 heavy (non-hydrogen) atoms. The molecule has 0 aliphatic carbocycles. The van der Waals surface area contributed by atoms with Gasteiger partial charge >= 0.3 is 0 Å². The van der Waals surface area contributed by atoms with E-state index in [4.69, 9.17) is 17.0 Å². The third-order valence-corrected chi connectivity index (χ3v) is 3.52. The Morgan fingerprint density at radius 2 is 2.05 bits per heavy atom. The first-order valence-corrected chi connectivity index (χ1v) is 8.09. The molecule has 0 saturated carbocycles. The zero-order chi connectivity index (χ0) is 15.8. The Bertz CT molecular complexity index is 658. The summed E-state index contributed by atoms with van der Waals surface area (Å²) in [6.45, 7) is 4.97. The van der Waals surface area contributed by atoms with Crippen molar-refractivity contribution in [3.05, 3.63) is 40.4 Å². The highest BCUT2D eigenvalue weighted by Crippen LogP contribution is 2.12. The van der Waals surface area contributed by atoms with Crippen LogP contribution in [0.15, 0.2) is 29.4 Å². The second kappa shape index (κ2) is 8.48. The number of aromatic nitrogens is 3. The first kappa shape index (κ1) is 16.4. The van der Waals surface area contributed by atoms with E-state index in [2.05, 4.69) is 22.2 Å². The van der Waals surface area contributed by atoms with E-state index < -0.39 is 0 Å². The van der Waals surface area contributed by atoms with Gasteiger partial charge in [0.25, 0.3) is 0 Å². The van der Waals surface area contributed by atoms with Crippen molar-refractivity contribution in [2.24, 2.45) is 5.10 Å². The second-order valence-corrected chi connectivity index (χ2v) is 5.37. The van der Waals surface area contributed by atoms with Gasteiger partial charge in [0.05, 0.1) is 12.8 Å². The average molecular weight is 318 g/mol. The third kappa shape index (κ3) is 4.53. The van der Waals surface area contributed by atoms with E-state index in [-0.39, 0.29) is 0 Å². The number of aromatic amines is 1. The van der Waals surface area contributed by atoms with Crippen molar-refractivity contribution in [3.63, 3.8) is 0 Å². The summed E-state index contributed by atoms with van der Waals surface area (Å²) in [6.07, 6.45) is 6.05. The molecule has 118 valence electrons. The molecule has 0 unspecified atom stereocenters. The number of hydrogen-bond acceptors (Lipinski definition) is 4. The van der Waals surface area contributed by atoms with Gasteiger partial charge in [0.2, 0.25) is 4.77 Å². The maximum Gasteiger partial charge on any atom is 0.216 e. The molecule has 1 N–H and O–H groups in total. The monoisotopic (exact) mass is 318 g/mol. The topological polar surface area (TPSA) is 55.2 Å². The molecule has 0 radical (unpaired) electrons. The fraction of sp³-hybridized carbons (Fsp3) is 0.438. The van der Waals surface area contributed by atoms with Crippen LogP contribution in [0, 0.1) is 4.77 Å². The maximum absolute atomic E-state index is 5.69. The molecule has 6 heteroatoms. The molecular formula is C16H22N4OS. The number of H-pyrrole nitrogens is 1. The highest BCUT2D eigenvalue weighted by molar-refractivity contribution is 7.71. The summed E-state index contributed by atoms with van der Waals surface area (Å²) in [4.78, 5) is 0. The van der Waals surface area contributed by atoms with Crippen molar-refractivity contribution in [2.75, 3.05) is 6.61 Å². The number of nitrogens with zero attached hydrogens (tertiary/aromatic N) is 3. The molecule has 0 atom stereocenters. The van der Waals surface area contributed by atoms with Crippen LogP contribution in [0.25, 0.3) is 0 Å². The summed E-state index contributed by atoms with van der Waals surface area (Å²) in [5.74, 6) is 1.71. The molecule has 1 aromatic heterocycles. The summed E-state index contributed by atoms with van der Waals surface area (Å²) in [7, 11) is 0. The lowest BCUT2D eigenvalue weighted by Crippen LogP contribution is -1.98. The van der Waals surface area contributed by atoms with Gasteiger partial charge in [-0.15, -0.1) is 0 Å². The van der Waals surface area contributed by atoms with Crippen LogP contribution in [0.2, 0.25) is 0 Å². The summed E-state index contributed by atoms with van der Waals surface area (Å²) in [5.41, 5.74) is 0.992. The molecule has 0 bridgehead atoms. The van der Waals surface area contributed by atoms with Crippen LogP contribution in [0.1, 0.15) is 44.5 Å². The van der Waals surface area contributed by atoms with Crippen molar-refractivity contribution < 1.29 is 4.74 Å². The molecule has 0 spiro atoms. The molecule has 2 aromatic rings. The lowest BCUT2D eigenvalue weighted by molar-refractivity contribution is 0.306. The molecule has 5 nitrogen and oxygen atoms in total. The van der Waals surface area contributed by atoms with Crippen LogP contribution in [-0.4, -0.2) is 27.7 Å². The SMILES string of the molecule is CCCCCOc1ccc(/C=N\n2c(CC)n[nH]c2=S)cc1. The van der Waals surface area contributed by atoms with E-state index >= 15 is 0 Å². The zero-order valence-corrected chi connectivity index (χ0v) is 13.9. The Morgan fingerprint density at radius 3 is 2.73 bits per heavy atom. The highest BCUT2D eigenvalue weighted by atomic mass is 32.1. The maximum atomic E-state index is 5.69. The Labute approximate surface area is 136 Å².